The molecule has 0 aliphatic rings. The highest BCUT2D eigenvalue weighted by Crippen LogP contribution is 2.28. The van der Waals surface area contributed by atoms with Gasteiger partial charge in [-0.05, 0) is 43.3 Å². The number of carbonyl (C=O) groups is 2. The van der Waals surface area contributed by atoms with Gasteiger partial charge in [-0.3, -0.25) is 4.79 Å². The lowest BCUT2D eigenvalue weighted by Gasteiger charge is -2.07. The minimum atomic E-state index is -0.669. The summed E-state index contributed by atoms with van der Waals surface area (Å²) in [6, 6.07) is 11.6. The van der Waals surface area contributed by atoms with E-state index in [2.05, 4.69) is 26.6 Å². The molecule has 24 heavy (non-hydrogen) atoms. The summed E-state index contributed by atoms with van der Waals surface area (Å²) in [6.45, 7) is 1.83. The summed E-state index contributed by atoms with van der Waals surface area (Å²) in [5.41, 5.74) is 7.50. The Kier molecular flexibility index (Phi) is 4.26. The van der Waals surface area contributed by atoms with E-state index in [1.165, 1.54) is 0 Å². The number of nitrogens with one attached hydrogen (secondary N) is 2. The predicted molar refractivity (Wildman–Crippen MR) is 96.3 cm³/mol. The highest BCUT2D eigenvalue weighted by molar-refractivity contribution is 9.10. The number of amides is 3. The zero-order valence-corrected chi connectivity index (χ0v) is 14.3. The standard InChI is InChI=1S/C17H14BrN3O3/c1-9-13-7-10(18)5-6-14(13)24-15(9)16(22)20-11-3-2-4-12(8-11)21-17(19)23/h2-8H,1H3,(H,20,22)(H3,19,21,23). The molecule has 3 amide bonds. The first-order valence-electron chi connectivity index (χ1n) is 7.10. The summed E-state index contributed by atoms with van der Waals surface area (Å²) >= 11 is 3.41. The van der Waals surface area contributed by atoms with Crippen molar-refractivity contribution in [2.75, 3.05) is 10.6 Å². The second-order valence-corrected chi connectivity index (χ2v) is 6.14. The minimum absolute atomic E-state index is 0.247. The van der Waals surface area contributed by atoms with Crippen LogP contribution < -0.4 is 16.4 Å². The Hall–Kier alpha value is -2.80. The third kappa shape index (κ3) is 3.26. The van der Waals surface area contributed by atoms with E-state index in [4.69, 9.17) is 10.2 Å². The van der Waals surface area contributed by atoms with Gasteiger partial charge in [0.1, 0.15) is 5.58 Å². The lowest BCUT2D eigenvalue weighted by atomic mass is 10.1. The molecule has 0 fully saturated rings. The fourth-order valence-corrected chi connectivity index (χ4v) is 2.78. The van der Waals surface area contributed by atoms with Crippen molar-refractivity contribution in [3.05, 3.63) is 58.3 Å². The number of hydrogen-bond donors (Lipinski definition) is 3. The molecule has 0 bridgehead atoms. The topological polar surface area (TPSA) is 97.4 Å². The smallest absolute Gasteiger partial charge is 0.316 e. The van der Waals surface area contributed by atoms with Gasteiger partial charge in [0, 0.05) is 26.8 Å². The molecular weight excluding hydrogens is 374 g/mol. The number of nitrogens with two attached hydrogens (primary N) is 1. The van der Waals surface area contributed by atoms with Crippen LogP contribution in [-0.2, 0) is 0 Å². The maximum atomic E-state index is 12.5. The van der Waals surface area contributed by atoms with Crippen LogP contribution in [0.1, 0.15) is 16.1 Å². The van der Waals surface area contributed by atoms with Crippen molar-refractivity contribution in [1.29, 1.82) is 0 Å². The Labute approximate surface area is 146 Å². The lowest BCUT2D eigenvalue weighted by Crippen LogP contribution is -2.19. The number of benzene rings is 2. The van der Waals surface area contributed by atoms with Crippen LogP contribution in [0.15, 0.2) is 51.4 Å². The maximum Gasteiger partial charge on any atom is 0.316 e. The van der Waals surface area contributed by atoms with Crippen LogP contribution in [-0.4, -0.2) is 11.9 Å². The average molecular weight is 388 g/mol. The molecular formula is C17H14BrN3O3. The summed E-state index contributed by atoms with van der Waals surface area (Å²) in [4.78, 5) is 23.4. The molecule has 2 aromatic carbocycles. The number of anilines is 2. The second-order valence-electron chi connectivity index (χ2n) is 5.22. The maximum absolute atomic E-state index is 12.5. The molecule has 0 aliphatic carbocycles. The molecule has 6 nitrogen and oxygen atoms in total. The quantitative estimate of drug-likeness (QED) is 0.626. The van der Waals surface area contributed by atoms with Crippen molar-refractivity contribution in [1.82, 2.24) is 0 Å². The van der Waals surface area contributed by atoms with Crippen LogP contribution in [0.5, 0.6) is 0 Å². The van der Waals surface area contributed by atoms with Crippen LogP contribution in [0.4, 0.5) is 16.2 Å². The van der Waals surface area contributed by atoms with Gasteiger partial charge in [-0.25, -0.2) is 4.79 Å². The molecule has 0 spiro atoms. The largest absolute Gasteiger partial charge is 0.451 e. The highest BCUT2D eigenvalue weighted by Gasteiger charge is 2.18. The number of aryl methyl sites for hydroxylation is 1. The van der Waals surface area contributed by atoms with Gasteiger partial charge >= 0.3 is 6.03 Å². The van der Waals surface area contributed by atoms with Gasteiger partial charge in [0.25, 0.3) is 5.91 Å². The first-order chi connectivity index (χ1) is 11.4. The normalized spacial score (nSPS) is 10.6. The molecule has 0 aliphatic heterocycles. The zero-order chi connectivity index (χ0) is 17.3. The minimum Gasteiger partial charge on any atom is -0.451 e. The van der Waals surface area contributed by atoms with E-state index in [0.717, 1.165) is 15.4 Å². The van der Waals surface area contributed by atoms with Gasteiger partial charge < -0.3 is 20.8 Å². The highest BCUT2D eigenvalue weighted by atomic mass is 79.9. The van der Waals surface area contributed by atoms with E-state index in [9.17, 15) is 9.59 Å². The van der Waals surface area contributed by atoms with E-state index in [1.807, 2.05) is 19.1 Å². The van der Waals surface area contributed by atoms with Crippen LogP contribution in [0.2, 0.25) is 0 Å². The summed E-state index contributed by atoms with van der Waals surface area (Å²) < 4.78 is 6.57. The van der Waals surface area contributed by atoms with Crippen LogP contribution >= 0.6 is 15.9 Å². The van der Waals surface area contributed by atoms with E-state index < -0.39 is 6.03 Å². The summed E-state index contributed by atoms with van der Waals surface area (Å²) in [5, 5.41) is 6.08. The van der Waals surface area contributed by atoms with Crippen LogP contribution in [0.3, 0.4) is 0 Å². The number of rotatable bonds is 3. The van der Waals surface area contributed by atoms with Gasteiger partial charge in [-0.15, -0.1) is 0 Å². The molecule has 3 rings (SSSR count). The zero-order valence-electron chi connectivity index (χ0n) is 12.7. The van der Waals surface area contributed by atoms with Gasteiger partial charge in [-0.1, -0.05) is 22.0 Å². The van der Waals surface area contributed by atoms with E-state index in [-0.39, 0.29) is 11.7 Å². The lowest BCUT2D eigenvalue weighted by molar-refractivity contribution is 0.0998. The predicted octanol–water partition coefficient (Wildman–Crippen LogP) is 4.25. The van der Waals surface area contributed by atoms with E-state index >= 15 is 0 Å². The van der Waals surface area contributed by atoms with Crippen LogP contribution in [0, 0.1) is 6.92 Å². The Morgan fingerprint density at radius 2 is 1.79 bits per heavy atom. The molecule has 0 atom stereocenters. The molecule has 1 heterocycles. The molecule has 0 unspecified atom stereocenters. The number of furan rings is 1. The molecule has 7 heteroatoms. The number of urea groups is 1. The molecule has 0 saturated carbocycles. The number of carbonyl (C=O) groups excluding carboxylic acids is 2. The Morgan fingerprint density at radius 3 is 2.50 bits per heavy atom. The van der Waals surface area contributed by atoms with Crippen molar-refractivity contribution < 1.29 is 14.0 Å². The Bertz CT molecular complexity index is 949. The Morgan fingerprint density at radius 1 is 1.08 bits per heavy atom. The third-order valence-corrected chi connectivity index (χ3v) is 3.99. The molecule has 4 N–H and O–H groups in total. The summed E-state index contributed by atoms with van der Waals surface area (Å²) in [7, 11) is 0. The van der Waals surface area contributed by atoms with E-state index in [1.54, 1.807) is 30.3 Å². The monoisotopic (exact) mass is 387 g/mol. The fourth-order valence-electron chi connectivity index (χ4n) is 2.41. The summed E-state index contributed by atoms with van der Waals surface area (Å²) in [6.07, 6.45) is 0. The Balaban J connectivity index is 1.87. The fraction of sp³-hybridized carbons (Fsp3) is 0.0588. The number of fused-ring (bicyclic) bond motifs is 1. The van der Waals surface area contributed by atoms with Gasteiger partial charge in [-0.2, -0.15) is 0 Å². The van der Waals surface area contributed by atoms with Crippen molar-refractivity contribution >= 4 is 50.2 Å². The molecule has 3 aromatic rings. The van der Waals surface area contributed by atoms with Crippen molar-refractivity contribution in [2.24, 2.45) is 5.73 Å². The second kappa shape index (κ2) is 6.37. The number of hydrogen-bond acceptors (Lipinski definition) is 3. The number of primary amides is 1. The van der Waals surface area contributed by atoms with Crippen molar-refractivity contribution in [3.8, 4) is 0 Å². The molecule has 0 saturated heterocycles. The molecule has 1 aromatic heterocycles. The van der Waals surface area contributed by atoms with E-state index in [0.29, 0.717) is 17.0 Å². The number of halogens is 1. The average Bonchev–Trinajstić information content (AvgIpc) is 2.84. The SMILES string of the molecule is Cc1c(C(=O)Nc2cccc(NC(N)=O)c2)oc2ccc(Br)cc12. The third-order valence-electron chi connectivity index (χ3n) is 3.49. The molecule has 0 radical (unpaired) electrons. The van der Waals surface area contributed by atoms with Gasteiger partial charge in [0.05, 0.1) is 0 Å². The first-order valence-corrected chi connectivity index (χ1v) is 7.90. The van der Waals surface area contributed by atoms with Crippen molar-refractivity contribution in [2.45, 2.75) is 6.92 Å². The van der Waals surface area contributed by atoms with Gasteiger partial charge in [0.15, 0.2) is 5.76 Å². The van der Waals surface area contributed by atoms with Crippen molar-refractivity contribution in [3.63, 3.8) is 0 Å². The molecule has 122 valence electrons. The summed E-state index contributed by atoms with van der Waals surface area (Å²) in [5.74, 6) is -0.118. The first kappa shape index (κ1) is 16.1. The van der Waals surface area contributed by atoms with Crippen LogP contribution in [0.25, 0.3) is 11.0 Å². The van der Waals surface area contributed by atoms with Gasteiger partial charge in [0.2, 0.25) is 0 Å².